The number of nitrogens with zero attached hydrogens (tertiary/aromatic N) is 1. The molecule has 2 atom stereocenters. The molecule has 1 N–H and O–H groups in total. The Morgan fingerprint density at radius 1 is 0.579 bits per heavy atom. The Labute approximate surface area is 239 Å². The third-order valence-corrected chi connectivity index (χ3v) is 8.34. The number of hydrogen-bond acceptors (Lipinski definition) is 4. The van der Waals surface area contributed by atoms with Crippen LogP contribution in [0, 0.1) is 11.8 Å². The van der Waals surface area contributed by atoms with Gasteiger partial charge in [0.05, 0.1) is 25.9 Å². The summed E-state index contributed by atoms with van der Waals surface area (Å²) in [6.45, 7) is 12.5. The minimum Gasteiger partial charge on any atom is -0.392 e. The molecule has 0 radical (unpaired) electrons. The summed E-state index contributed by atoms with van der Waals surface area (Å²) in [5.41, 5.74) is 0. The fraction of sp³-hybridized carbons (Fsp3) is 1.00. The molecule has 2 unspecified atom stereocenters. The molecule has 0 aliphatic heterocycles. The van der Waals surface area contributed by atoms with E-state index in [-0.39, 0.29) is 6.10 Å². The van der Waals surface area contributed by atoms with E-state index in [1.807, 2.05) is 0 Å². The van der Waals surface area contributed by atoms with Crippen molar-refractivity contribution in [3.63, 3.8) is 0 Å². The average molecular weight is 540 g/mol. The Morgan fingerprint density at radius 3 is 1.61 bits per heavy atom. The summed E-state index contributed by atoms with van der Waals surface area (Å²) in [6.07, 6.45) is 27.8. The Morgan fingerprint density at radius 2 is 1.08 bits per heavy atom. The number of hydrogen-bond donors (Lipinski definition) is 1. The molecule has 0 heterocycles. The van der Waals surface area contributed by atoms with Gasteiger partial charge in [0.2, 0.25) is 0 Å². The van der Waals surface area contributed by atoms with E-state index in [4.69, 9.17) is 9.47 Å². The third-order valence-electron chi connectivity index (χ3n) is 8.34. The van der Waals surface area contributed by atoms with E-state index in [0.29, 0.717) is 13.2 Å². The van der Waals surface area contributed by atoms with Crippen LogP contribution in [0.3, 0.4) is 0 Å². The standard InChI is InChI=1S/C34H69NO3/c1-4-7-9-11-13-15-17-19-21-33(32-23-24-32)30-35(25-27-38-29-28-37-26-6-3)31-34(36)22-20-18-16-14-12-10-8-5-2/h32-34,36H,4-31H2,1-3H3. The van der Waals surface area contributed by atoms with Crippen LogP contribution in [0.25, 0.3) is 0 Å². The van der Waals surface area contributed by atoms with Gasteiger partial charge in [-0.3, -0.25) is 4.90 Å². The Balaban J connectivity index is 2.36. The molecule has 1 fully saturated rings. The predicted molar refractivity (Wildman–Crippen MR) is 165 cm³/mol. The van der Waals surface area contributed by atoms with Crippen LogP contribution in [0.1, 0.15) is 156 Å². The molecule has 0 amide bonds. The van der Waals surface area contributed by atoms with Crippen molar-refractivity contribution < 1.29 is 14.6 Å². The van der Waals surface area contributed by atoms with Crippen LogP contribution in [-0.2, 0) is 9.47 Å². The van der Waals surface area contributed by atoms with E-state index >= 15 is 0 Å². The van der Waals surface area contributed by atoms with Gasteiger partial charge in [0.1, 0.15) is 0 Å². The lowest BCUT2D eigenvalue weighted by Crippen LogP contribution is -2.39. The maximum absolute atomic E-state index is 10.9. The highest BCUT2D eigenvalue weighted by Crippen LogP contribution is 2.40. The van der Waals surface area contributed by atoms with Gasteiger partial charge in [-0.05, 0) is 43.9 Å². The van der Waals surface area contributed by atoms with Crippen LogP contribution in [0.2, 0.25) is 0 Å². The second-order valence-electron chi connectivity index (χ2n) is 12.3. The van der Waals surface area contributed by atoms with Gasteiger partial charge >= 0.3 is 0 Å². The molecule has 0 saturated heterocycles. The molecule has 1 aliphatic rings. The van der Waals surface area contributed by atoms with Gasteiger partial charge in [-0.1, -0.05) is 124 Å². The molecule has 1 saturated carbocycles. The van der Waals surface area contributed by atoms with Gasteiger partial charge in [-0.25, -0.2) is 0 Å². The van der Waals surface area contributed by atoms with E-state index in [0.717, 1.165) is 57.5 Å². The maximum Gasteiger partial charge on any atom is 0.0701 e. The highest BCUT2D eigenvalue weighted by atomic mass is 16.5. The zero-order valence-electron chi connectivity index (χ0n) is 26.2. The SMILES string of the molecule is CCCCCCCCCCC(O)CN(CCOCCOCCC)CC(CCCCCCCCCC)C1CC1. The van der Waals surface area contributed by atoms with Crippen LogP contribution < -0.4 is 0 Å². The number of aliphatic hydroxyl groups excluding tert-OH is 1. The van der Waals surface area contributed by atoms with Gasteiger partial charge < -0.3 is 14.6 Å². The van der Waals surface area contributed by atoms with Crippen LogP contribution in [0.5, 0.6) is 0 Å². The first kappa shape index (κ1) is 35.9. The van der Waals surface area contributed by atoms with Crippen molar-refractivity contribution in [1.82, 2.24) is 4.90 Å². The Bertz CT molecular complexity index is 471. The average Bonchev–Trinajstić information content (AvgIpc) is 3.76. The Hall–Kier alpha value is -0.160. The smallest absolute Gasteiger partial charge is 0.0701 e. The molecular formula is C34H69NO3. The molecule has 0 aromatic carbocycles. The van der Waals surface area contributed by atoms with E-state index in [1.54, 1.807) is 0 Å². The first-order chi connectivity index (χ1) is 18.7. The lowest BCUT2D eigenvalue weighted by Gasteiger charge is -2.29. The minimum atomic E-state index is -0.203. The van der Waals surface area contributed by atoms with Crippen molar-refractivity contribution in [2.45, 2.75) is 162 Å². The van der Waals surface area contributed by atoms with Crippen molar-refractivity contribution in [1.29, 1.82) is 0 Å². The number of ether oxygens (including phenoxy) is 2. The summed E-state index contributed by atoms with van der Waals surface area (Å²) in [5.74, 6) is 1.73. The lowest BCUT2D eigenvalue weighted by atomic mass is 9.94. The first-order valence-corrected chi connectivity index (χ1v) is 17.3. The molecule has 38 heavy (non-hydrogen) atoms. The van der Waals surface area contributed by atoms with E-state index in [1.165, 1.54) is 122 Å². The first-order valence-electron chi connectivity index (χ1n) is 17.3. The summed E-state index contributed by atoms with van der Waals surface area (Å²) in [5, 5.41) is 10.9. The largest absolute Gasteiger partial charge is 0.392 e. The molecule has 4 nitrogen and oxygen atoms in total. The van der Waals surface area contributed by atoms with Crippen molar-refractivity contribution in [3.05, 3.63) is 0 Å². The summed E-state index contributed by atoms with van der Waals surface area (Å²) in [4.78, 5) is 2.54. The molecule has 0 aromatic heterocycles. The van der Waals surface area contributed by atoms with Crippen LogP contribution in [0.4, 0.5) is 0 Å². The van der Waals surface area contributed by atoms with Gasteiger partial charge in [0.25, 0.3) is 0 Å². The van der Waals surface area contributed by atoms with E-state index in [9.17, 15) is 5.11 Å². The zero-order chi connectivity index (χ0) is 27.5. The molecular weight excluding hydrogens is 470 g/mol. The van der Waals surface area contributed by atoms with Crippen LogP contribution >= 0.6 is 0 Å². The van der Waals surface area contributed by atoms with Gasteiger partial charge in [0.15, 0.2) is 0 Å². The molecule has 228 valence electrons. The quantitative estimate of drug-likeness (QED) is 0.0892. The van der Waals surface area contributed by atoms with Crippen LogP contribution in [0.15, 0.2) is 0 Å². The summed E-state index contributed by atoms with van der Waals surface area (Å²) in [7, 11) is 0. The monoisotopic (exact) mass is 540 g/mol. The Kier molecular flexibility index (Phi) is 25.5. The van der Waals surface area contributed by atoms with Gasteiger partial charge in [-0.2, -0.15) is 0 Å². The fourth-order valence-electron chi connectivity index (χ4n) is 5.74. The second kappa shape index (κ2) is 27.0. The normalized spacial score (nSPS) is 15.4. The summed E-state index contributed by atoms with van der Waals surface area (Å²) < 4.78 is 11.5. The van der Waals surface area contributed by atoms with Crippen LogP contribution in [-0.4, -0.2) is 62.2 Å². The van der Waals surface area contributed by atoms with Gasteiger partial charge in [0, 0.05) is 26.2 Å². The van der Waals surface area contributed by atoms with Gasteiger partial charge in [-0.15, -0.1) is 0 Å². The molecule has 0 bridgehead atoms. The fourth-order valence-corrected chi connectivity index (χ4v) is 5.74. The number of unbranched alkanes of at least 4 members (excludes halogenated alkanes) is 14. The minimum absolute atomic E-state index is 0.203. The number of rotatable bonds is 31. The van der Waals surface area contributed by atoms with E-state index in [2.05, 4.69) is 25.7 Å². The molecule has 0 spiro atoms. The summed E-state index contributed by atoms with van der Waals surface area (Å²) in [6, 6.07) is 0. The van der Waals surface area contributed by atoms with Crippen molar-refractivity contribution in [2.75, 3.05) is 46.1 Å². The van der Waals surface area contributed by atoms with Crippen molar-refractivity contribution in [2.24, 2.45) is 11.8 Å². The number of aliphatic hydroxyl groups is 1. The maximum atomic E-state index is 10.9. The second-order valence-corrected chi connectivity index (χ2v) is 12.3. The zero-order valence-corrected chi connectivity index (χ0v) is 26.2. The molecule has 1 rings (SSSR count). The molecule has 1 aliphatic carbocycles. The molecule has 0 aromatic rings. The molecule has 4 heteroatoms. The topological polar surface area (TPSA) is 41.9 Å². The van der Waals surface area contributed by atoms with E-state index < -0.39 is 0 Å². The van der Waals surface area contributed by atoms with Crippen molar-refractivity contribution in [3.8, 4) is 0 Å². The highest BCUT2D eigenvalue weighted by Gasteiger charge is 2.32. The lowest BCUT2D eigenvalue weighted by molar-refractivity contribution is 0.0269. The highest BCUT2D eigenvalue weighted by molar-refractivity contribution is 4.84. The summed E-state index contributed by atoms with van der Waals surface area (Å²) >= 11 is 0. The predicted octanol–water partition coefficient (Wildman–Crippen LogP) is 9.18. The third kappa shape index (κ3) is 22.6. The van der Waals surface area contributed by atoms with Crippen molar-refractivity contribution >= 4 is 0 Å².